The average Bonchev–Trinajstić information content (AvgIpc) is 2.67. The summed E-state index contributed by atoms with van der Waals surface area (Å²) in [5, 5.41) is 3.18. The molecule has 1 aromatic rings. The maximum Gasteiger partial charge on any atom is 0.168 e. The predicted molar refractivity (Wildman–Crippen MR) is 119 cm³/mol. The summed E-state index contributed by atoms with van der Waals surface area (Å²) in [5.41, 5.74) is 2.61. The van der Waals surface area contributed by atoms with E-state index in [4.69, 9.17) is 0 Å². The first-order valence-corrected chi connectivity index (χ1v) is 12.7. The quantitative estimate of drug-likeness (QED) is 0.214. The molecule has 7 heteroatoms. The van der Waals surface area contributed by atoms with Crippen LogP contribution in [0.2, 0.25) is 0 Å². The van der Waals surface area contributed by atoms with E-state index in [0.29, 0.717) is 18.4 Å². The molecule has 1 saturated carbocycles. The van der Waals surface area contributed by atoms with E-state index in [9.17, 15) is 9.59 Å². The fourth-order valence-corrected chi connectivity index (χ4v) is 5.03. The Balaban J connectivity index is 1.47. The Bertz CT molecular complexity index is 680. The topological polar surface area (TPSA) is 52.7 Å². The number of nitrogens with zero attached hydrogens (tertiary/aromatic N) is 2. The Morgan fingerprint density at radius 2 is 1.74 bits per heavy atom. The summed E-state index contributed by atoms with van der Waals surface area (Å²) in [6.45, 7) is 7.99. The highest BCUT2D eigenvalue weighted by Gasteiger charge is 2.31. The van der Waals surface area contributed by atoms with Crippen molar-refractivity contribution in [3.8, 4) is 0 Å². The van der Waals surface area contributed by atoms with Crippen molar-refractivity contribution in [2.24, 2.45) is 0 Å². The van der Waals surface area contributed by atoms with Crippen molar-refractivity contribution >= 4 is 41.9 Å². The highest BCUT2D eigenvalue weighted by atomic mass is 127. The molecule has 0 aromatic heterocycles. The van der Waals surface area contributed by atoms with Gasteiger partial charge in [0.05, 0.1) is 5.57 Å². The molecule has 0 amide bonds. The van der Waals surface area contributed by atoms with Gasteiger partial charge in [0.2, 0.25) is 0 Å². The zero-order valence-electron chi connectivity index (χ0n) is 15.6. The van der Waals surface area contributed by atoms with Crippen LogP contribution < -0.4 is 5.32 Å². The van der Waals surface area contributed by atoms with E-state index in [1.807, 2.05) is 31.2 Å². The summed E-state index contributed by atoms with van der Waals surface area (Å²) in [4.78, 5) is 27.4. The maximum absolute atomic E-state index is 12.5. The molecule has 0 radical (unpaired) electrons. The number of benzene rings is 1. The minimum atomic E-state index is -0.0444. The Morgan fingerprint density at radius 3 is 2.33 bits per heavy atom. The van der Waals surface area contributed by atoms with E-state index < -0.39 is 0 Å². The molecular weight excluding hydrogens is 473 g/mol. The lowest BCUT2D eigenvalue weighted by Gasteiger charge is -2.32. The molecule has 1 aromatic carbocycles. The van der Waals surface area contributed by atoms with Crippen LogP contribution in [0.1, 0.15) is 29.9 Å². The summed E-state index contributed by atoms with van der Waals surface area (Å²) in [6, 6.07) is 8.14. The molecule has 1 aliphatic carbocycles. The Labute approximate surface area is 177 Å². The number of carbonyl (C=O) groups is 2. The number of rotatable bonds is 6. The zero-order chi connectivity index (χ0) is 19.2. The Kier molecular flexibility index (Phi) is 7.75. The summed E-state index contributed by atoms with van der Waals surface area (Å²) >= 11 is 2.32. The van der Waals surface area contributed by atoms with Gasteiger partial charge in [-0.2, -0.15) is 0 Å². The number of aryl methyl sites for hydroxylation is 1. The molecule has 1 aliphatic heterocycles. The summed E-state index contributed by atoms with van der Waals surface area (Å²) in [6.07, 6.45) is 2.48. The van der Waals surface area contributed by atoms with Gasteiger partial charge in [0.25, 0.3) is 0 Å². The lowest BCUT2D eigenvalue weighted by atomic mass is 9.80. The number of Topliss-reactive ketones (excluding diaryl/α,β-unsaturated/α-hetero) is 2. The highest BCUT2D eigenvalue weighted by molar-refractivity contribution is 14.2. The molecule has 1 heterocycles. The predicted octanol–water partition coefficient (Wildman–Crippen LogP) is 3.10. The van der Waals surface area contributed by atoms with Crippen LogP contribution in [-0.4, -0.2) is 60.0 Å². The number of hydrogen-bond donors (Lipinski definition) is 1. The molecule has 0 bridgehead atoms. The lowest BCUT2D eigenvalue weighted by molar-refractivity contribution is -0.124. The molecule has 2 fully saturated rings. The molecule has 0 unspecified atom stereocenters. The standard InChI is InChI=1S/C20H26IN3O2S/c1-15-2-4-16(5-3-15)17-12-19(25)18(20(26)13-17)14-22-6-7-23-8-10-24(27-21)11-9-23/h2-5,14,17,22H,6-13H2,1H3. The largest absolute Gasteiger partial charge is 0.389 e. The number of halogens is 1. The van der Waals surface area contributed by atoms with Crippen molar-refractivity contribution in [2.75, 3.05) is 39.3 Å². The molecule has 2 aliphatic rings. The third-order valence-electron chi connectivity index (χ3n) is 5.26. The SMILES string of the molecule is Cc1ccc(C2CC(=O)C(=CNCCN3CCN(SI)CC3)C(=O)C2)cc1. The van der Waals surface area contributed by atoms with Gasteiger partial charge < -0.3 is 5.32 Å². The van der Waals surface area contributed by atoms with Crippen LogP contribution in [0.3, 0.4) is 0 Å². The first-order chi connectivity index (χ1) is 13.1. The van der Waals surface area contributed by atoms with Crippen LogP contribution in [0, 0.1) is 6.92 Å². The van der Waals surface area contributed by atoms with E-state index in [-0.39, 0.29) is 17.5 Å². The van der Waals surface area contributed by atoms with Crippen LogP contribution in [0.15, 0.2) is 36.0 Å². The van der Waals surface area contributed by atoms with Gasteiger partial charge in [0.15, 0.2) is 11.6 Å². The van der Waals surface area contributed by atoms with Crippen molar-refractivity contribution in [1.82, 2.24) is 14.5 Å². The zero-order valence-corrected chi connectivity index (χ0v) is 18.6. The first-order valence-electron chi connectivity index (χ1n) is 9.39. The smallest absolute Gasteiger partial charge is 0.168 e. The number of piperazine rings is 1. The van der Waals surface area contributed by atoms with Gasteiger partial charge >= 0.3 is 0 Å². The normalized spacial score (nSPS) is 22.1. The summed E-state index contributed by atoms with van der Waals surface area (Å²) < 4.78 is 2.36. The number of allylic oxidation sites excluding steroid dienone is 1. The van der Waals surface area contributed by atoms with Gasteiger partial charge in [-0.15, -0.1) is 0 Å². The minimum Gasteiger partial charge on any atom is -0.389 e. The van der Waals surface area contributed by atoms with Gasteiger partial charge in [0.1, 0.15) is 0 Å². The van der Waals surface area contributed by atoms with Gasteiger partial charge in [0, 0.05) is 79.5 Å². The molecule has 1 saturated heterocycles. The van der Waals surface area contributed by atoms with Gasteiger partial charge in [-0.25, -0.2) is 4.31 Å². The fourth-order valence-electron chi connectivity index (χ4n) is 3.55. The van der Waals surface area contributed by atoms with E-state index >= 15 is 0 Å². The van der Waals surface area contributed by atoms with Crippen molar-refractivity contribution < 1.29 is 9.59 Å². The molecule has 0 atom stereocenters. The first kappa shape index (κ1) is 20.8. The molecular formula is C20H26IN3O2S. The van der Waals surface area contributed by atoms with Gasteiger partial charge in [-0.1, -0.05) is 29.8 Å². The summed E-state index contributed by atoms with van der Waals surface area (Å²) in [5.74, 6) is -0.0798. The second kappa shape index (κ2) is 10.0. The molecule has 146 valence electrons. The van der Waals surface area contributed by atoms with E-state index in [2.05, 4.69) is 35.7 Å². The number of nitrogens with one attached hydrogen (secondary N) is 1. The average molecular weight is 499 g/mol. The van der Waals surface area contributed by atoms with Crippen LogP contribution >= 0.6 is 30.3 Å². The Hall–Kier alpha value is -0.900. The van der Waals surface area contributed by atoms with Crippen LogP contribution in [-0.2, 0) is 9.59 Å². The maximum atomic E-state index is 12.5. The third-order valence-corrected chi connectivity index (χ3v) is 7.49. The van der Waals surface area contributed by atoms with Crippen LogP contribution in [0.25, 0.3) is 0 Å². The highest BCUT2D eigenvalue weighted by Crippen LogP contribution is 2.31. The molecule has 27 heavy (non-hydrogen) atoms. The van der Waals surface area contributed by atoms with Crippen molar-refractivity contribution in [1.29, 1.82) is 0 Å². The summed E-state index contributed by atoms with van der Waals surface area (Å²) in [7, 11) is 1.77. The van der Waals surface area contributed by atoms with Crippen molar-refractivity contribution in [3.63, 3.8) is 0 Å². The third kappa shape index (κ3) is 5.79. The lowest BCUT2D eigenvalue weighted by Crippen LogP contribution is -2.45. The fraction of sp³-hybridized carbons (Fsp3) is 0.500. The second-order valence-corrected chi connectivity index (χ2v) is 9.05. The molecule has 5 nitrogen and oxygen atoms in total. The van der Waals surface area contributed by atoms with E-state index in [0.717, 1.165) is 44.8 Å². The van der Waals surface area contributed by atoms with Crippen LogP contribution in [0.5, 0.6) is 0 Å². The van der Waals surface area contributed by atoms with Crippen LogP contribution in [0.4, 0.5) is 0 Å². The molecule has 3 rings (SSSR count). The molecule has 1 N–H and O–H groups in total. The van der Waals surface area contributed by atoms with Gasteiger partial charge in [-0.3, -0.25) is 14.5 Å². The minimum absolute atomic E-state index is 0.00909. The number of hydrogen-bond acceptors (Lipinski definition) is 6. The monoisotopic (exact) mass is 499 g/mol. The second-order valence-electron chi connectivity index (χ2n) is 7.21. The number of ketones is 2. The van der Waals surface area contributed by atoms with E-state index in [1.165, 1.54) is 5.56 Å². The van der Waals surface area contributed by atoms with Gasteiger partial charge in [-0.05, 0) is 27.5 Å². The Morgan fingerprint density at radius 1 is 1.11 bits per heavy atom. The number of carbonyl (C=O) groups excluding carboxylic acids is 2. The molecule has 0 spiro atoms. The van der Waals surface area contributed by atoms with Crippen molar-refractivity contribution in [3.05, 3.63) is 47.2 Å². The van der Waals surface area contributed by atoms with Crippen molar-refractivity contribution in [2.45, 2.75) is 25.7 Å². The van der Waals surface area contributed by atoms with E-state index in [1.54, 1.807) is 15.3 Å².